The monoisotopic (exact) mass is 211 g/mol. The predicted molar refractivity (Wildman–Crippen MR) is 54.8 cm³/mol. The highest BCUT2D eigenvalue weighted by atomic mass is 19.1. The van der Waals surface area contributed by atoms with E-state index in [0.717, 1.165) is 25.1 Å². The van der Waals surface area contributed by atoms with Gasteiger partial charge in [0.1, 0.15) is 5.75 Å². The van der Waals surface area contributed by atoms with Crippen LogP contribution in [0.3, 0.4) is 0 Å². The van der Waals surface area contributed by atoms with E-state index in [2.05, 4.69) is 5.32 Å². The number of rotatable bonds is 2. The zero-order chi connectivity index (χ0) is 10.8. The van der Waals surface area contributed by atoms with Crippen molar-refractivity contribution in [2.45, 2.75) is 12.3 Å². The minimum atomic E-state index is -0.637. The number of methoxy groups -OCH3 is 1. The molecule has 15 heavy (non-hydrogen) atoms. The van der Waals surface area contributed by atoms with Gasteiger partial charge in [-0.1, -0.05) is 0 Å². The van der Waals surface area contributed by atoms with Crippen LogP contribution in [0.5, 0.6) is 11.5 Å². The lowest BCUT2D eigenvalue weighted by Crippen LogP contribution is -2.08. The van der Waals surface area contributed by atoms with Crippen molar-refractivity contribution in [3.05, 3.63) is 23.5 Å². The number of halogens is 1. The van der Waals surface area contributed by atoms with Crippen LogP contribution in [0.15, 0.2) is 12.1 Å². The van der Waals surface area contributed by atoms with E-state index in [0.29, 0.717) is 11.7 Å². The number of benzene rings is 1. The topological polar surface area (TPSA) is 41.5 Å². The molecule has 3 nitrogen and oxygen atoms in total. The molecule has 2 rings (SSSR count). The van der Waals surface area contributed by atoms with E-state index in [9.17, 15) is 9.50 Å². The largest absolute Gasteiger partial charge is 0.505 e. The summed E-state index contributed by atoms with van der Waals surface area (Å²) < 4.78 is 18.2. The summed E-state index contributed by atoms with van der Waals surface area (Å²) in [6, 6.07) is 2.70. The summed E-state index contributed by atoms with van der Waals surface area (Å²) in [7, 11) is 1.51. The molecule has 0 saturated carbocycles. The highest BCUT2D eigenvalue weighted by Crippen LogP contribution is 2.34. The Morgan fingerprint density at radius 3 is 2.93 bits per heavy atom. The number of ether oxygens (including phenoxy) is 1. The molecule has 4 heteroatoms. The third kappa shape index (κ3) is 1.90. The lowest BCUT2D eigenvalue weighted by atomic mass is 9.97. The average molecular weight is 211 g/mol. The highest BCUT2D eigenvalue weighted by Gasteiger charge is 2.22. The number of hydrogen-bond acceptors (Lipinski definition) is 3. The SMILES string of the molecule is COc1cc(F)c(O)cc1C1CCNC1. The summed E-state index contributed by atoms with van der Waals surface area (Å²) in [4.78, 5) is 0. The van der Waals surface area contributed by atoms with Gasteiger partial charge in [-0.05, 0) is 19.0 Å². The molecule has 0 spiro atoms. The summed E-state index contributed by atoms with van der Waals surface area (Å²) >= 11 is 0. The van der Waals surface area contributed by atoms with Gasteiger partial charge in [0.25, 0.3) is 0 Å². The summed E-state index contributed by atoms with van der Waals surface area (Å²) in [6.07, 6.45) is 0.988. The molecule has 0 aromatic heterocycles. The van der Waals surface area contributed by atoms with Crippen molar-refractivity contribution in [2.24, 2.45) is 0 Å². The molecule has 0 bridgehead atoms. The second-order valence-corrected chi connectivity index (χ2v) is 3.74. The van der Waals surface area contributed by atoms with Crippen LogP contribution < -0.4 is 10.1 Å². The number of phenols is 1. The quantitative estimate of drug-likeness (QED) is 0.781. The van der Waals surface area contributed by atoms with Gasteiger partial charge >= 0.3 is 0 Å². The first-order chi connectivity index (χ1) is 7.22. The van der Waals surface area contributed by atoms with E-state index < -0.39 is 5.82 Å². The Balaban J connectivity index is 2.39. The lowest BCUT2D eigenvalue weighted by molar-refractivity contribution is 0.391. The van der Waals surface area contributed by atoms with Crippen LogP contribution in [0.2, 0.25) is 0 Å². The van der Waals surface area contributed by atoms with Crippen LogP contribution in [-0.4, -0.2) is 25.3 Å². The van der Waals surface area contributed by atoms with Crippen molar-refractivity contribution < 1.29 is 14.2 Å². The molecule has 1 aromatic rings. The van der Waals surface area contributed by atoms with Gasteiger partial charge in [-0.3, -0.25) is 0 Å². The van der Waals surface area contributed by atoms with Crippen molar-refractivity contribution in [2.75, 3.05) is 20.2 Å². The van der Waals surface area contributed by atoms with Gasteiger partial charge in [0, 0.05) is 24.1 Å². The molecule has 1 aliphatic rings. The third-order valence-corrected chi connectivity index (χ3v) is 2.80. The van der Waals surface area contributed by atoms with Gasteiger partial charge in [-0.15, -0.1) is 0 Å². The minimum absolute atomic E-state index is 0.298. The molecule has 1 atom stereocenters. The van der Waals surface area contributed by atoms with Crippen molar-refractivity contribution >= 4 is 0 Å². The first-order valence-corrected chi connectivity index (χ1v) is 4.99. The molecule has 1 heterocycles. The van der Waals surface area contributed by atoms with Crippen LogP contribution in [0.4, 0.5) is 4.39 Å². The van der Waals surface area contributed by atoms with Crippen LogP contribution in [0, 0.1) is 5.82 Å². The molecule has 1 unspecified atom stereocenters. The summed E-state index contributed by atoms with van der Waals surface area (Å²) in [5.41, 5.74) is 0.876. The Hall–Kier alpha value is -1.29. The molecule has 1 aliphatic heterocycles. The number of phenolic OH excluding ortho intramolecular Hbond substituents is 1. The van der Waals surface area contributed by atoms with Crippen LogP contribution in [0.25, 0.3) is 0 Å². The molecular weight excluding hydrogens is 197 g/mol. The van der Waals surface area contributed by atoms with Gasteiger partial charge < -0.3 is 15.2 Å². The van der Waals surface area contributed by atoms with Crippen LogP contribution >= 0.6 is 0 Å². The molecule has 1 fully saturated rings. The van der Waals surface area contributed by atoms with Crippen LogP contribution in [-0.2, 0) is 0 Å². The molecule has 0 radical (unpaired) electrons. The van der Waals surface area contributed by atoms with Crippen molar-refractivity contribution in [1.29, 1.82) is 0 Å². The molecule has 0 amide bonds. The molecule has 1 aromatic carbocycles. The maximum Gasteiger partial charge on any atom is 0.168 e. The summed E-state index contributed by atoms with van der Waals surface area (Å²) in [5, 5.41) is 12.6. The number of aromatic hydroxyl groups is 1. The predicted octanol–water partition coefficient (Wildman–Crippen LogP) is 1.62. The van der Waals surface area contributed by atoms with Gasteiger partial charge in [-0.25, -0.2) is 4.39 Å². The standard InChI is InChI=1S/C11H14FNO2/c1-15-11-5-9(12)10(14)4-8(11)7-2-3-13-6-7/h4-5,7,13-14H,2-3,6H2,1H3. The van der Waals surface area contributed by atoms with Crippen molar-refractivity contribution in [3.8, 4) is 11.5 Å². The maximum absolute atomic E-state index is 13.1. The van der Waals surface area contributed by atoms with Gasteiger partial charge in [0.05, 0.1) is 7.11 Å². The van der Waals surface area contributed by atoms with E-state index in [1.807, 2.05) is 0 Å². The summed E-state index contributed by atoms with van der Waals surface area (Å²) in [5.74, 6) is -0.135. The molecule has 1 saturated heterocycles. The van der Waals surface area contributed by atoms with E-state index >= 15 is 0 Å². The zero-order valence-electron chi connectivity index (χ0n) is 8.59. The molecular formula is C11H14FNO2. The first-order valence-electron chi connectivity index (χ1n) is 4.99. The van der Waals surface area contributed by atoms with Crippen LogP contribution in [0.1, 0.15) is 17.9 Å². The van der Waals surface area contributed by atoms with E-state index in [-0.39, 0.29) is 5.75 Å². The fourth-order valence-corrected chi connectivity index (χ4v) is 1.98. The Labute approximate surface area is 87.9 Å². The van der Waals surface area contributed by atoms with Crippen molar-refractivity contribution in [3.63, 3.8) is 0 Å². The average Bonchev–Trinajstić information content (AvgIpc) is 2.74. The van der Waals surface area contributed by atoms with Crippen molar-refractivity contribution in [1.82, 2.24) is 5.32 Å². The zero-order valence-corrected chi connectivity index (χ0v) is 8.59. The molecule has 0 aliphatic carbocycles. The highest BCUT2D eigenvalue weighted by molar-refractivity contribution is 5.43. The van der Waals surface area contributed by atoms with Gasteiger partial charge in [0.2, 0.25) is 0 Å². The second-order valence-electron chi connectivity index (χ2n) is 3.74. The third-order valence-electron chi connectivity index (χ3n) is 2.80. The fraction of sp³-hybridized carbons (Fsp3) is 0.455. The maximum atomic E-state index is 13.1. The lowest BCUT2D eigenvalue weighted by Gasteiger charge is -2.14. The smallest absolute Gasteiger partial charge is 0.168 e. The molecule has 2 N–H and O–H groups in total. The minimum Gasteiger partial charge on any atom is -0.505 e. The second kappa shape index (κ2) is 4.06. The first kappa shape index (κ1) is 10.2. The normalized spacial score (nSPS) is 20.5. The van der Waals surface area contributed by atoms with Gasteiger partial charge in [0.15, 0.2) is 11.6 Å². The Morgan fingerprint density at radius 1 is 1.53 bits per heavy atom. The Morgan fingerprint density at radius 2 is 2.33 bits per heavy atom. The Bertz CT molecular complexity index is 362. The van der Waals surface area contributed by atoms with Gasteiger partial charge in [-0.2, -0.15) is 0 Å². The van der Waals surface area contributed by atoms with E-state index in [4.69, 9.17) is 4.74 Å². The van der Waals surface area contributed by atoms with E-state index in [1.54, 1.807) is 0 Å². The van der Waals surface area contributed by atoms with E-state index in [1.165, 1.54) is 19.2 Å². The summed E-state index contributed by atoms with van der Waals surface area (Å²) in [6.45, 7) is 1.80. The number of hydrogen-bond donors (Lipinski definition) is 2. The Kier molecular flexibility index (Phi) is 2.77. The fourth-order valence-electron chi connectivity index (χ4n) is 1.98. The number of nitrogens with one attached hydrogen (secondary N) is 1. The molecule has 82 valence electrons.